The number of ether oxygens (including phenoxy) is 1. The van der Waals surface area contributed by atoms with E-state index in [9.17, 15) is 10.2 Å². The van der Waals surface area contributed by atoms with Gasteiger partial charge in [0, 0.05) is 19.7 Å². The first-order chi connectivity index (χ1) is 9.66. The molecule has 120 valence electrons. The SMILES string of the molecule is CCCCCCOCC(O)CNCC1(O)CCCCC1. The lowest BCUT2D eigenvalue weighted by molar-refractivity contribution is -0.00277. The van der Waals surface area contributed by atoms with Crippen LogP contribution >= 0.6 is 0 Å². The molecule has 0 aromatic carbocycles. The van der Waals surface area contributed by atoms with E-state index in [4.69, 9.17) is 4.74 Å². The van der Waals surface area contributed by atoms with Crippen molar-refractivity contribution in [3.8, 4) is 0 Å². The lowest BCUT2D eigenvalue weighted by atomic mass is 9.85. The van der Waals surface area contributed by atoms with Crippen molar-refractivity contribution in [2.75, 3.05) is 26.3 Å². The fraction of sp³-hybridized carbons (Fsp3) is 1.00. The van der Waals surface area contributed by atoms with Crippen LogP contribution in [0, 0.1) is 0 Å². The summed E-state index contributed by atoms with van der Waals surface area (Å²) in [6.45, 7) is 4.40. The van der Waals surface area contributed by atoms with Crippen LogP contribution in [0.1, 0.15) is 64.7 Å². The summed E-state index contributed by atoms with van der Waals surface area (Å²) >= 11 is 0. The molecule has 1 aliphatic rings. The number of unbranched alkanes of at least 4 members (excludes halogenated alkanes) is 3. The van der Waals surface area contributed by atoms with Crippen molar-refractivity contribution in [1.82, 2.24) is 5.32 Å². The third kappa shape index (κ3) is 8.20. The van der Waals surface area contributed by atoms with Crippen LogP contribution < -0.4 is 5.32 Å². The van der Waals surface area contributed by atoms with Gasteiger partial charge in [0.15, 0.2) is 0 Å². The van der Waals surface area contributed by atoms with Gasteiger partial charge in [-0.05, 0) is 19.3 Å². The van der Waals surface area contributed by atoms with Gasteiger partial charge in [-0.1, -0.05) is 45.4 Å². The Labute approximate surface area is 123 Å². The van der Waals surface area contributed by atoms with Crippen molar-refractivity contribution in [3.63, 3.8) is 0 Å². The van der Waals surface area contributed by atoms with Crippen LogP contribution in [0.4, 0.5) is 0 Å². The molecule has 0 spiro atoms. The minimum atomic E-state index is -0.557. The van der Waals surface area contributed by atoms with Crippen LogP contribution in [0.15, 0.2) is 0 Å². The molecule has 0 aromatic heterocycles. The molecule has 0 radical (unpaired) electrons. The average Bonchev–Trinajstić information content (AvgIpc) is 2.43. The third-order valence-corrected chi connectivity index (χ3v) is 4.07. The predicted molar refractivity (Wildman–Crippen MR) is 81.9 cm³/mol. The van der Waals surface area contributed by atoms with E-state index in [0.717, 1.165) is 38.7 Å². The monoisotopic (exact) mass is 287 g/mol. The second-order valence-electron chi connectivity index (χ2n) is 6.21. The molecule has 0 heterocycles. The molecule has 1 saturated carbocycles. The van der Waals surface area contributed by atoms with Crippen LogP contribution in [0.25, 0.3) is 0 Å². The first-order valence-corrected chi connectivity index (χ1v) is 8.35. The highest BCUT2D eigenvalue weighted by molar-refractivity contribution is 4.84. The van der Waals surface area contributed by atoms with Gasteiger partial charge in [-0.15, -0.1) is 0 Å². The normalized spacial score (nSPS) is 19.9. The topological polar surface area (TPSA) is 61.7 Å². The van der Waals surface area contributed by atoms with Crippen molar-refractivity contribution in [1.29, 1.82) is 0 Å². The molecule has 1 atom stereocenters. The molecule has 1 rings (SSSR count). The van der Waals surface area contributed by atoms with Gasteiger partial charge in [-0.25, -0.2) is 0 Å². The van der Waals surface area contributed by atoms with Crippen molar-refractivity contribution in [3.05, 3.63) is 0 Å². The number of nitrogens with one attached hydrogen (secondary N) is 1. The molecule has 0 aliphatic heterocycles. The number of rotatable bonds is 11. The van der Waals surface area contributed by atoms with Gasteiger partial charge in [0.1, 0.15) is 0 Å². The van der Waals surface area contributed by atoms with E-state index in [2.05, 4.69) is 12.2 Å². The average molecular weight is 287 g/mol. The Morgan fingerprint density at radius 1 is 1.15 bits per heavy atom. The van der Waals surface area contributed by atoms with E-state index in [1.54, 1.807) is 0 Å². The zero-order valence-electron chi connectivity index (χ0n) is 13.1. The Morgan fingerprint density at radius 2 is 1.90 bits per heavy atom. The molecule has 0 amide bonds. The van der Waals surface area contributed by atoms with E-state index in [1.165, 1.54) is 25.7 Å². The summed E-state index contributed by atoms with van der Waals surface area (Å²) in [5, 5.41) is 23.3. The highest BCUT2D eigenvalue weighted by atomic mass is 16.5. The Kier molecular flexibility index (Phi) is 9.44. The quantitative estimate of drug-likeness (QED) is 0.510. The predicted octanol–water partition coefficient (Wildman–Crippen LogP) is 2.23. The summed E-state index contributed by atoms with van der Waals surface area (Å²) in [6, 6.07) is 0. The summed E-state index contributed by atoms with van der Waals surface area (Å²) in [5.41, 5.74) is -0.557. The number of aliphatic hydroxyl groups is 2. The molecule has 0 aromatic rings. The van der Waals surface area contributed by atoms with Crippen LogP contribution in [-0.4, -0.2) is 48.2 Å². The Bertz CT molecular complexity index is 230. The van der Waals surface area contributed by atoms with Gasteiger partial charge >= 0.3 is 0 Å². The molecule has 3 N–H and O–H groups in total. The number of aliphatic hydroxyl groups excluding tert-OH is 1. The molecule has 0 bridgehead atoms. The van der Waals surface area contributed by atoms with E-state index < -0.39 is 11.7 Å². The molecular formula is C16H33NO3. The second kappa shape index (κ2) is 10.6. The maximum absolute atomic E-state index is 10.3. The van der Waals surface area contributed by atoms with Crippen LogP contribution in [0.5, 0.6) is 0 Å². The summed E-state index contributed by atoms with van der Waals surface area (Å²) in [4.78, 5) is 0. The van der Waals surface area contributed by atoms with Gasteiger partial charge in [-0.2, -0.15) is 0 Å². The lowest BCUT2D eigenvalue weighted by Crippen LogP contribution is -2.44. The van der Waals surface area contributed by atoms with Gasteiger partial charge in [0.25, 0.3) is 0 Å². The number of hydrogen-bond acceptors (Lipinski definition) is 4. The fourth-order valence-corrected chi connectivity index (χ4v) is 2.77. The third-order valence-electron chi connectivity index (χ3n) is 4.07. The zero-order chi connectivity index (χ0) is 14.7. The largest absolute Gasteiger partial charge is 0.389 e. The van der Waals surface area contributed by atoms with E-state index >= 15 is 0 Å². The lowest BCUT2D eigenvalue weighted by Gasteiger charge is -2.32. The molecular weight excluding hydrogens is 254 g/mol. The molecule has 1 aliphatic carbocycles. The molecule has 1 fully saturated rings. The van der Waals surface area contributed by atoms with Gasteiger partial charge in [0.05, 0.1) is 18.3 Å². The summed E-state index contributed by atoms with van der Waals surface area (Å²) in [7, 11) is 0. The van der Waals surface area contributed by atoms with Crippen LogP contribution in [0.2, 0.25) is 0 Å². The van der Waals surface area contributed by atoms with E-state index in [0.29, 0.717) is 19.7 Å². The molecule has 0 saturated heterocycles. The maximum atomic E-state index is 10.3. The second-order valence-corrected chi connectivity index (χ2v) is 6.21. The molecule has 4 nitrogen and oxygen atoms in total. The van der Waals surface area contributed by atoms with E-state index in [1.807, 2.05) is 0 Å². The Hall–Kier alpha value is -0.160. The molecule has 4 heteroatoms. The smallest absolute Gasteiger partial charge is 0.0897 e. The molecule has 1 unspecified atom stereocenters. The van der Waals surface area contributed by atoms with Gasteiger partial charge < -0.3 is 20.3 Å². The zero-order valence-corrected chi connectivity index (χ0v) is 13.1. The Morgan fingerprint density at radius 3 is 2.60 bits per heavy atom. The van der Waals surface area contributed by atoms with Crippen LogP contribution in [-0.2, 0) is 4.74 Å². The first-order valence-electron chi connectivity index (χ1n) is 8.35. The maximum Gasteiger partial charge on any atom is 0.0897 e. The number of hydrogen-bond donors (Lipinski definition) is 3. The minimum Gasteiger partial charge on any atom is -0.389 e. The van der Waals surface area contributed by atoms with Crippen molar-refractivity contribution in [2.24, 2.45) is 0 Å². The highest BCUT2D eigenvalue weighted by Crippen LogP contribution is 2.27. The van der Waals surface area contributed by atoms with Gasteiger partial charge in [0.2, 0.25) is 0 Å². The Balaban J connectivity index is 1.95. The highest BCUT2D eigenvalue weighted by Gasteiger charge is 2.28. The minimum absolute atomic E-state index is 0.386. The van der Waals surface area contributed by atoms with Crippen molar-refractivity contribution >= 4 is 0 Å². The summed E-state index contributed by atoms with van der Waals surface area (Å²) in [5.74, 6) is 0. The van der Waals surface area contributed by atoms with Gasteiger partial charge in [-0.3, -0.25) is 0 Å². The van der Waals surface area contributed by atoms with E-state index in [-0.39, 0.29) is 0 Å². The fourth-order valence-electron chi connectivity index (χ4n) is 2.77. The summed E-state index contributed by atoms with van der Waals surface area (Å²) in [6.07, 6.45) is 9.51. The van der Waals surface area contributed by atoms with Crippen molar-refractivity contribution in [2.45, 2.75) is 76.4 Å². The van der Waals surface area contributed by atoms with Crippen molar-refractivity contribution < 1.29 is 14.9 Å². The summed E-state index contributed by atoms with van der Waals surface area (Å²) < 4.78 is 5.46. The van der Waals surface area contributed by atoms with Crippen LogP contribution in [0.3, 0.4) is 0 Å². The standard InChI is InChI=1S/C16H33NO3/c1-2-3-4-8-11-20-13-15(18)12-17-14-16(19)9-6-5-7-10-16/h15,17-19H,2-14H2,1H3. The molecule has 20 heavy (non-hydrogen) atoms. The first kappa shape index (κ1) is 17.9.